The van der Waals surface area contributed by atoms with Crippen LogP contribution < -0.4 is 20.7 Å². The Morgan fingerprint density at radius 3 is 2.62 bits per heavy atom. The lowest BCUT2D eigenvalue weighted by molar-refractivity contribution is -0.120. The molecule has 0 aliphatic carbocycles. The topological polar surface area (TPSA) is 84.0 Å². The first-order chi connectivity index (χ1) is 11.6. The van der Waals surface area contributed by atoms with E-state index in [4.69, 9.17) is 9.47 Å². The number of hydrogen-bond acceptors (Lipinski definition) is 4. The number of guanidine groups is 1. The minimum absolute atomic E-state index is 0.102. The monoisotopic (exact) mass is 336 g/mol. The Bertz CT molecular complexity index is 547. The quantitative estimate of drug-likeness (QED) is 0.347. The molecule has 0 fully saturated rings. The third kappa shape index (κ3) is 7.32. The molecule has 1 amide bonds. The van der Waals surface area contributed by atoms with Crippen LogP contribution in [-0.2, 0) is 16.0 Å². The molecule has 24 heavy (non-hydrogen) atoms. The van der Waals surface area contributed by atoms with Crippen LogP contribution in [0.15, 0.2) is 23.2 Å². The van der Waals surface area contributed by atoms with Gasteiger partial charge in [-0.25, -0.2) is 0 Å². The molecule has 7 nitrogen and oxygen atoms in total. The zero-order valence-corrected chi connectivity index (χ0v) is 14.9. The molecule has 1 aromatic carbocycles. The minimum atomic E-state index is -0.102. The molecule has 1 rings (SSSR count). The number of amides is 1. The largest absolute Gasteiger partial charge is 0.496 e. The van der Waals surface area contributed by atoms with Gasteiger partial charge in [-0.15, -0.1) is 0 Å². The molecule has 0 bridgehead atoms. The number of rotatable bonds is 9. The SMILES string of the molecule is CN=C(NCCc1cc(C)ccc1OC)NCC(=O)NCCOC. The second-order valence-corrected chi connectivity index (χ2v) is 5.26. The van der Waals surface area contributed by atoms with Gasteiger partial charge in [0.25, 0.3) is 0 Å². The van der Waals surface area contributed by atoms with Gasteiger partial charge in [0, 0.05) is 27.2 Å². The predicted molar refractivity (Wildman–Crippen MR) is 95.7 cm³/mol. The van der Waals surface area contributed by atoms with E-state index in [0.29, 0.717) is 25.7 Å². The minimum Gasteiger partial charge on any atom is -0.496 e. The first kappa shape index (κ1) is 19.8. The van der Waals surface area contributed by atoms with Gasteiger partial charge in [0.05, 0.1) is 20.3 Å². The molecular formula is C17H28N4O3. The van der Waals surface area contributed by atoms with E-state index in [1.807, 2.05) is 12.1 Å². The number of methoxy groups -OCH3 is 2. The van der Waals surface area contributed by atoms with Crippen molar-refractivity contribution in [3.05, 3.63) is 29.3 Å². The number of nitrogens with one attached hydrogen (secondary N) is 3. The van der Waals surface area contributed by atoms with Crippen molar-refractivity contribution in [1.29, 1.82) is 0 Å². The number of aryl methyl sites for hydroxylation is 1. The smallest absolute Gasteiger partial charge is 0.239 e. The van der Waals surface area contributed by atoms with E-state index in [1.54, 1.807) is 21.3 Å². The zero-order valence-electron chi connectivity index (χ0n) is 14.9. The van der Waals surface area contributed by atoms with Gasteiger partial charge in [-0.05, 0) is 25.0 Å². The average Bonchev–Trinajstić information content (AvgIpc) is 2.58. The van der Waals surface area contributed by atoms with Crippen molar-refractivity contribution in [3.8, 4) is 5.75 Å². The van der Waals surface area contributed by atoms with Crippen LogP contribution in [0, 0.1) is 6.92 Å². The number of ether oxygens (including phenoxy) is 2. The molecule has 0 radical (unpaired) electrons. The van der Waals surface area contributed by atoms with Gasteiger partial charge in [-0.3, -0.25) is 9.79 Å². The molecule has 0 aliphatic rings. The van der Waals surface area contributed by atoms with Gasteiger partial charge in [-0.1, -0.05) is 17.7 Å². The molecule has 1 aromatic rings. The summed E-state index contributed by atoms with van der Waals surface area (Å²) < 4.78 is 10.3. The lowest BCUT2D eigenvalue weighted by Gasteiger charge is -2.13. The Balaban J connectivity index is 2.37. The van der Waals surface area contributed by atoms with Crippen molar-refractivity contribution < 1.29 is 14.3 Å². The van der Waals surface area contributed by atoms with E-state index in [9.17, 15) is 4.79 Å². The molecule has 134 valence electrons. The van der Waals surface area contributed by atoms with E-state index in [2.05, 4.69) is 33.9 Å². The van der Waals surface area contributed by atoms with Gasteiger partial charge in [0.2, 0.25) is 5.91 Å². The predicted octanol–water partition coefficient (Wildman–Crippen LogP) is 0.474. The van der Waals surface area contributed by atoms with E-state index < -0.39 is 0 Å². The highest BCUT2D eigenvalue weighted by atomic mass is 16.5. The average molecular weight is 336 g/mol. The molecule has 0 aliphatic heterocycles. The summed E-state index contributed by atoms with van der Waals surface area (Å²) in [5.41, 5.74) is 2.33. The van der Waals surface area contributed by atoms with Crippen molar-refractivity contribution in [2.75, 3.05) is 47.5 Å². The molecule has 0 unspecified atom stereocenters. The summed E-state index contributed by atoms with van der Waals surface area (Å²) in [5.74, 6) is 1.36. The Morgan fingerprint density at radius 1 is 1.17 bits per heavy atom. The lowest BCUT2D eigenvalue weighted by atomic mass is 10.1. The van der Waals surface area contributed by atoms with Crippen LogP contribution in [0.3, 0.4) is 0 Å². The number of hydrogen-bond donors (Lipinski definition) is 3. The third-order valence-corrected chi connectivity index (χ3v) is 3.39. The van der Waals surface area contributed by atoms with Gasteiger partial charge in [0.15, 0.2) is 5.96 Å². The van der Waals surface area contributed by atoms with Crippen LogP contribution >= 0.6 is 0 Å². The van der Waals surface area contributed by atoms with Gasteiger partial charge < -0.3 is 25.4 Å². The maximum Gasteiger partial charge on any atom is 0.239 e. The molecule has 0 aromatic heterocycles. The normalized spacial score (nSPS) is 11.1. The maximum atomic E-state index is 11.6. The summed E-state index contributed by atoms with van der Waals surface area (Å²) in [6.45, 7) is 3.90. The van der Waals surface area contributed by atoms with Crippen molar-refractivity contribution in [2.24, 2.45) is 4.99 Å². The number of benzene rings is 1. The second-order valence-electron chi connectivity index (χ2n) is 5.26. The number of aliphatic imine (C=N–C) groups is 1. The fourth-order valence-corrected chi connectivity index (χ4v) is 2.16. The first-order valence-electron chi connectivity index (χ1n) is 7.94. The van der Waals surface area contributed by atoms with Gasteiger partial charge in [-0.2, -0.15) is 0 Å². The molecule has 0 spiro atoms. The zero-order chi connectivity index (χ0) is 17.8. The van der Waals surface area contributed by atoms with Crippen LogP contribution in [0.5, 0.6) is 5.75 Å². The molecule has 0 atom stereocenters. The van der Waals surface area contributed by atoms with E-state index >= 15 is 0 Å². The lowest BCUT2D eigenvalue weighted by Crippen LogP contribution is -2.44. The summed E-state index contributed by atoms with van der Waals surface area (Å²) in [6.07, 6.45) is 0.797. The number of carbonyl (C=O) groups excluding carboxylic acids is 1. The summed E-state index contributed by atoms with van der Waals surface area (Å²) in [6, 6.07) is 6.11. The van der Waals surface area contributed by atoms with E-state index in [0.717, 1.165) is 17.7 Å². The van der Waals surface area contributed by atoms with Crippen molar-refractivity contribution >= 4 is 11.9 Å². The van der Waals surface area contributed by atoms with Crippen molar-refractivity contribution in [3.63, 3.8) is 0 Å². The molecule has 3 N–H and O–H groups in total. The Kier molecular flexibility index (Phi) is 9.29. The Morgan fingerprint density at radius 2 is 1.96 bits per heavy atom. The van der Waals surface area contributed by atoms with Crippen LogP contribution in [0.2, 0.25) is 0 Å². The second kappa shape index (κ2) is 11.3. The summed E-state index contributed by atoms with van der Waals surface area (Å²) >= 11 is 0. The van der Waals surface area contributed by atoms with E-state index in [1.165, 1.54) is 5.56 Å². The standard InChI is InChI=1S/C17H28N4O3/c1-13-5-6-15(24-4)14(11-13)7-8-20-17(18-2)21-12-16(22)19-9-10-23-3/h5-6,11H,7-10,12H2,1-4H3,(H,19,22)(H2,18,20,21). The van der Waals surface area contributed by atoms with E-state index in [-0.39, 0.29) is 12.5 Å². The third-order valence-electron chi connectivity index (χ3n) is 3.39. The number of carbonyl (C=O) groups is 1. The molecule has 0 saturated heterocycles. The summed E-state index contributed by atoms with van der Waals surface area (Å²) in [4.78, 5) is 15.7. The highest BCUT2D eigenvalue weighted by Crippen LogP contribution is 2.19. The Hall–Kier alpha value is -2.28. The molecule has 7 heteroatoms. The molecular weight excluding hydrogens is 308 g/mol. The summed E-state index contributed by atoms with van der Waals surface area (Å²) in [7, 11) is 4.94. The van der Waals surface area contributed by atoms with Crippen LogP contribution in [0.4, 0.5) is 0 Å². The highest BCUT2D eigenvalue weighted by Gasteiger charge is 2.05. The van der Waals surface area contributed by atoms with Crippen molar-refractivity contribution in [1.82, 2.24) is 16.0 Å². The van der Waals surface area contributed by atoms with Crippen LogP contribution in [0.1, 0.15) is 11.1 Å². The fourth-order valence-electron chi connectivity index (χ4n) is 2.16. The van der Waals surface area contributed by atoms with Crippen LogP contribution in [0.25, 0.3) is 0 Å². The molecule has 0 heterocycles. The van der Waals surface area contributed by atoms with Gasteiger partial charge in [0.1, 0.15) is 5.75 Å². The number of nitrogens with zero attached hydrogens (tertiary/aromatic N) is 1. The molecule has 0 saturated carbocycles. The summed E-state index contributed by atoms with van der Waals surface area (Å²) in [5, 5.41) is 8.91. The van der Waals surface area contributed by atoms with Gasteiger partial charge >= 0.3 is 0 Å². The Labute approximate surface area is 143 Å². The maximum absolute atomic E-state index is 11.6. The highest BCUT2D eigenvalue weighted by molar-refractivity contribution is 5.86. The first-order valence-corrected chi connectivity index (χ1v) is 7.94. The van der Waals surface area contributed by atoms with Crippen molar-refractivity contribution in [2.45, 2.75) is 13.3 Å². The fraction of sp³-hybridized carbons (Fsp3) is 0.529. The van der Waals surface area contributed by atoms with Crippen LogP contribution in [-0.4, -0.2) is 59.4 Å².